The summed E-state index contributed by atoms with van der Waals surface area (Å²) in [6, 6.07) is 25.2. The average Bonchev–Trinajstić information content (AvgIpc) is 3.01. The van der Waals surface area contributed by atoms with Crippen LogP contribution in [0, 0.1) is 0 Å². The third-order valence-corrected chi connectivity index (χ3v) is 6.11. The van der Waals surface area contributed by atoms with Gasteiger partial charge in [0.1, 0.15) is 35.1 Å². The summed E-state index contributed by atoms with van der Waals surface area (Å²) >= 11 is 0. The van der Waals surface area contributed by atoms with Crippen molar-refractivity contribution in [1.29, 1.82) is 0 Å². The molecule has 0 radical (unpaired) electrons. The standard InChI is InChI=1S/2C9H11NO3.2C8H11NO/c10-8(9(12)13)5-6-1-3-7(11)4-2-6;10-8(9(12)13)5-6-2-1-3-7(11)4-6;9-6-5-7-1-3-8(10)4-2-7;9-5-4-7-2-1-3-8(10)6-7/h2*1-4,8,11H,5,10H2,(H,12,13);1-4,10H,5-6,9H2;1-3,6,10H,4-5,9H2/t2*8-;;/m00../s1. The van der Waals surface area contributed by atoms with Crippen LogP contribution >= 0.6 is 0 Å². The number of rotatable bonds is 10. The second-order valence-electron chi connectivity index (χ2n) is 10.0. The number of carboxylic acids is 2. The van der Waals surface area contributed by atoms with Crippen LogP contribution in [0.3, 0.4) is 0 Å². The van der Waals surface area contributed by atoms with Crippen molar-refractivity contribution in [2.45, 2.75) is 37.8 Å². The highest BCUT2D eigenvalue weighted by Crippen LogP contribution is 2.13. The Labute approximate surface area is 268 Å². The van der Waals surface area contributed by atoms with Crippen LogP contribution in [-0.2, 0) is 35.3 Å². The molecule has 0 spiro atoms. The maximum absolute atomic E-state index is 10.4. The molecule has 12 heteroatoms. The van der Waals surface area contributed by atoms with E-state index in [0.29, 0.717) is 24.6 Å². The minimum absolute atomic E-state index is 0.120. The summed E-state index contributed by atoms with van der Waals surface area (Å²) in [6.45, 7) is 1.29. The fraction of sp³-hybridized carbons (Fsp3) is 0.235. The molecule has 4 aromatic carbocycles. The number of aliphatic carboxylic acids is 2. The van der Waals surface area contributed by atoms with Gasteiger partial charge in [-0.2, -0.15) is 0 Å². The number of nitrogens with two attached hydrogens (primary N) is 4. The zero-order valence-corrected chi connectivity index (χ0v) is 25.4. The first-order valence-electron chi connectivity index (χ1n) is 14.3. The second-order valence-corrected chi connectivity index (χ2v) is 10.0. The Balaban J connectivity index is 0.000000309. The second kappa shape index (κ2) is 21.5. The van der Waals surface area contributed by atoms with Crippen molar-refractivity contribution in [3.63, 3.8) is 0 Å². The van der Waals surface area contributed by atoms with Crippen molar-refractivity contribution in [2.24, 2.45) is 22.9 Å². The molecule has 248 valence electrons. The van der Waals surface area contributed by atoms with Crippen LogP contribution in [-0.4, -0.2) is 67.8 Å². The minimum atomic E-state index is -1.04. The van der Waals surface area contributed by atoms with Gasteiger partial charge in [0.25, 0.3) is 0 Å². The molecule has 4 aromatic rings. The molecule has 0 saturated carbocycles. The van der Waals surface area contributed by atoms with E-state index < -0.39 is 24.0 Å². The first-order chi connectivity index (χ1) is 21.8. The van der Waals surface area contributed by atoms with Crippen LogP contribution < -0.4 is 22.9 Å². The first-order valence-corrected chi connectivity index (χ1v) is 14.3. The van der Waals surface area contributed by atoms with Crippen LogP contribution in [0.25, 0.3) is 0 Å². The van der Waals surface area contributed by atoms with Gasteiger partial charge in [0.05, 0.1) is 0 Å². The van der Waals surface area contributed by atoms with E-state index in [1.807, 2.05) is 24.3 Å². The molecule has 46 heavy (non-hydrogen) atoms. The molecule has 0 aliphatic carbocycles. The Morgan fingerprint density at radius 3 is 1.28 bits per heavy atom. The number of hydrogen-bond donors (Lipinski definition) is 10. The predicted octanol–water partition coefficient (Wildman–Crippen LogP) is 2.48. The van der Waals surface area contributed by atoms with Crippen LogP contribution in [0.5, 0.6) is 23.0 Å². The third kappa shape index (κ3) is 17.2. The lowest BCUT2D eigenvalue weighted by Gasteiger charge is -2.05. The molecule has 4 rings (SSSR count). The monoisotopic (exact) mass is 636 g/mol. The Morgan fingerprint density at radius 2 is 0.870 bits per heavy atom. The topological polar surface area (TPSA) is 260 Å². The summed E-state index contributed by atoms with van der Waals surface area (Å²) < 4.78 is 0. The number of phenolic OH excluding ortho intramolecular Hbond substituents is 4. The molecule has 0 heterocycles. The Hall–Kier alpha value is -5.14. The number of phenols is 4. The fourth-order valence-electron chi connectivity index (χ4n) is 3.71. The van der Waals surface area contributed by atoms with Crippen molar-refractivity contribution in [2.75, 3.05) is 13.1 Å². The number of hydrogen-bond acceptors (Lipinski definition) is 10. The van der Waals surface area contributed by atoms with Crippen molar-refractivity contribution >= 4 is 11.9 Å². The SMILES string of the molecule is NCCc1ccc(O)cc1.NCCc1cccc(O)c1.N[C@@H](Cc1ccc(O)cc1)C(=O)O.N[C@@H](Cc1cccc(O)c1)C(=O)O. The average molecular weight is 637 g/mol. The zero-order chi connectivity index (χ0) is 34.5. The maximum Gasteiger partial charge on any atom is 0.320 e. The molecule has 0 amide bonds. The lowest BCUT2D eigenvalue weighted by molar-refractivity contribution is -0.139. The van der Waals surface area contributed by atoms with E-state index in [9.17, 15) is 9.59 Å². The molecular weight excluding hydrogens is 592 g/mol. The van der Waals surface area contributed by atoms with E-state index in [0.717, 1.165) is 29.5 Å². The molecule has 0 bridgehead atoms. The molecule has 14 N–H and O–H groups in total. The van der Waals surface area contributed by atoms with Crippen LogP contribution in [0.4, 0.5) is 0 Å². The molecule has 0 aliphatic rings. The van der Waals surface area contributed by atoms with Gasteiger partial charge in [-0.3, -0.25) is 9.59 Å². The minimum Gasteiger partial charge on any atom is -0.508 e. The lowest BCUT2D eigenvalue weighted by Crippen LogP contribution is -2.32. The van der Waals surface area contributed by atoms with E-state index in [1.165, 1.54) is 29.8 Å². The molecule has 0 fully saturated rings. The van der Waals surface area contributed by atoms with Gasteiger partial charge in [0.2, 0.25) is 0 Å². The van der Waals surface area contributed by atoms with E-state index in [4.69, 9.17) is 53.6 Å². The fourth-order valence-corrected chi connectivity index (χ4v) is 3.71. The van der Waals surface area contributed by atoms with Crippen molar-refractivity contribution in [3.8, 4) is 23.0 Å². The van der Waals surface area contributed by atoms with Gasteiger partial charge in [-0.15, -0.1) is 0 Å². The van der Waals surface area contributed by atoms with Gasteiger partial charge in [-0.25, -0.2) is 0 Å². The largest absolute Gasteiger partial charge is 0.508 e. The molecule has 2 atom stereocenters. The normalized spacial score (nSPS) is 11.2. The quantitative estimate of drug-likeness (QED) is 0.120. The van der Waals surface area contributed by atoms with Gasteiger partial charge >= 0.3 is 11.9 Å². The molecule has 0 unspecified atom stereocenters. The summed E-state index contributed by atoms with van der Waals surface area (Å²) in [4.78, 5) is 20.8. The smallest absolute Gasteiger partial charge is 0.320 e. The van der Waals surface area contributed by atoms with Crippen molar-refractivity contribution < 1.29 is 40.2 Å². The van der Waals surface area contributed by atoms with Gasteiger partial charge in [0.15, 0.2) is 0 Å². The van der Waals surface area contributed by atoms with Crippen molar-refractivity contribution in [3.05, 3.63) is 119 Å². The highest BCUT2D eigenvalue weighted by atomic mass is 16.4. The van der Waals surface area contributed by atoms with E-state index in [2.05, 4.69) is 0 Å². The molecule has 0 saturated heterocycles. The molecular formula is C34H44N4O8. The van der Waals surface area contributed by atoms with Crippen LogP contribution in [0.15, 0.2) is 97.1 Å². The van der Waals surface area contributed by atoms with Gasteiger partial charge in [-0.05, 0) is 110 Å². The molecule has 0 aliphatic heterocycles. The predicted molar refractivity (Wildman–Crippen MR) is 177 cm³/mol. The van der Waals surface area contributed by atoms with E-state index in [1.54, 1.807) is 48.5 Å². The highest BCUT2D eigenvalue weighted by Gasteiger charge is 2.12. The summed E-state index contributed by atoms with van der Waals surface area (Å²) in [6.07, 6.45) is 2.20. The highest BCUT2D eigenvalue weighted by molar-refractivity contribution is 5.74. The number of benzene rings is 4. The number of carbonyl (C=O) groups is 2. The van der Waals surface area contributed by atoms with E-state index in [-0.39, 0.29) is 24.3 Å². The summed E-state index contributed by atoms with van der Waals surface area (Å²) in [5.74, 6) is -1.16. The number of aromatic hydroxyl groups is 4. The first kappa shape index (κ1) is 38.9. The van der Waals surface area contributed by atoms with Crippen molar-refractivity contribution in [1.82, 2.24) is 0 Å². The third-order valence-electron chi connectivity index (χ3n) is 6.11. The Bertz CT molecular complexity index is 1450. The summed E-state index contributed by atoms with van der Waals surface area (Å²) in [7, 11) is 0. The summed E-state index contributed by atoms with van der Waals surface area (Å²) in [5.41, 5.74) is 25.1. The number of carboxylic acid groups (broad SMARTS) is 2. The molecule has 12 nitrogen and oxygen atoms in total. The summed E-state index contributed by atoms with van der Waals surface area (Å²) in [5, 5.41) is 53.0. The van der Waals surface area contributed by atoms with Gasteiger partial charge in [-0.1, -0.05) is 48.5 Å². The maximum atomic E-state index is 10.4. The molecule has 0 aromatic heterocycles. The Morgan fingerprint density at radius 1 is 0.500 bits per heavy atom. The Kier molecular flexibility index (Phi) is 18.2. The lowest BCUT2D eigenvalue weighted by atomic mass is 10.1. The van der Waals surface area contributed by atoms with E-state index >= 15 is 0 Å². The van der Waals surface area contributed by atoms with Gasteiger partial charge in [0, 0.05) is 0 Å². The van der Waals surface area contributed by atoms with Crippen LogP contribution in [0.2, 0.25) is 0 Å². The van der Waals surface area contributed by atoms with Gasteiger partial charge < -0.3 is 53.6 Å². The zero-order valence-electron chi connectivity index (χ0n) is 25.4. The van der Waals surface area contributed by atoms with Crippen LogP contribution in [0.1, 0.15) is 22.3 Å².